The van der Waals surface area contributed by atoms with E-state index in [1.807, 2.05) is 6.07 Å². The average Bonchev–Trinajstić information content (AvgIpc) is 3.05. The van der Waals surface area contributed by atoms with Gasteiger partial charge in [0.1, 0.15) is 5.76 Å². The Bertz CT molecular complexity index is 651. The summed E-state index contributed by atoms with van der Waals surface area (Å²) in [4.78, 5) is 27.3. The molecule has 1 aliphatic carbocycles. The Kier molecular flexibility index (Phi) is 2.98. The van der Waals surface area contributed by atoms with Crippen LogP contribution in [0.15, 0.2) is 41.3 Å². The molecule has 0 radical (unpaired) electrons. The van der Waals surface area contributed by atoms with Gasteiger partial charge in [-0.05, 0) is 24.6 Å². The molecular formula is C14H13N3O3. The number of amides is 2. The second-order valence-electron chi connectivity index (χ2n) is 4.74. The van der Waals surface area contributed by atoms with Crippen molar-refractivity contribution >= 4 is 17.5 Å². The summed E-state index contributed by atoms with van der Waals surface area (Å²) in [6.45, 7) is 0. The predicted octanol–water partition coefficient (Wildman–Crippen LogP) is 1.52. The molecule has 102 valence electrons. The maximum absolute atomic E-state index is 12.1. The molecular weight excluding hydrogens is 258 g/mol. The third kappa shape index (κ3) is 2.27. The lowest BCUT2D eigenvalue weighted by atomic mass is 10.2. The summed E-state index contributed by atoms with van der Waals surface area (Å²) in [5.74, 6) is 0.0372. The van der Waals surface area contributed by atoms with Gasteiger partial charge in [-0.3, -0.25) is 14.6 Å². The highest BCUT2D eigenvalue weighted by atomic mass is 16.3. The molecule has 6 heteroatoms. The van der Waals surface area contributed by atoms with Crippen molar-refractivity contribution in [2.24, 2.45) is 11.7 Å². The van der Waals surface area contributed by atoms with Crippen LogP contribution in [0.5, 0.6) is 0 Å². The number of pyridine rings is 1. The summed E-state index contributed by atoms with van der Waals surface area (Å²) in [5, 5.41) is 2.70. The highest BCUT2D eigenvalue weighted by molar-refractivity contribution is 6.03. The smallest absolute Gasteiger partial charge is 0.250 e. The molecule has 1 saturated carbocycles. The fraction of sp³-hybridized carbons (Fsp3) is 0.214. The number of anilines is 1. The normalized spacial score (nSPS) is 20.4. The number of hydrogen-bond donors (Lipinski definition) is 2. The molecule has 3 rings (SSSR count). The number of nitrogens with one attached hydrogen (secondary N) is 1. The summed E-state index contributed by atoms with van der Waals surface area (Å²) in [7, 11) is 0. The third-order valence-electron chi connectivity index (χ3n) is 3.38. The maximum atomic E-state index is 12.1. The molecule has 0 saturated heterocycles. The van der Waals surface area contributed by atoms with Gasteiger partial charge in [0.2, 0.25) is 5.91 Å². The molecule has 2 heterocycles. The van der Waals surface area contributed by atoms with Crippen molar-refractivity contribution in [1.29, 1.82) is 0 Å². The van der Waals surface area contributed by atoms with Crippen molar-refractivity contribution in [1.82, 2.24) is 4.98 Å². The standard InChI is InChI=1S/C14H13N3O3/c15-13(18)8-3-4-16-7-11(8)17-14(19)10-6-9(10)12-2-1-5-20-12/h1-5,7,9-10H,6H2,(H2,15,18)(H,17,19)/t9-,10-/m0/s1. The Hall–Kier alpha value is -2.63. The number of aromatic nitrogens is 1. The predicted molar refractivity (Wildman–Crippen MR) is 70.9 cm³/mol. The monoisotopic (exact) mass is 271 g/mol. The molecule has 2 amide bonds. The van der Waals surface area contributed by atoms with Crippen LogP contribution < -0.4 is 11.1 Å². The Labute approximate surface area is 115 Å². The van der Waals surface area contributed by atoms with Crippen molar-refractivity contribution in [2.45, 2.75) is 12.3 Å². The average molecular weight is 271 g/mol. The van der Waals surface area contributed by atoms with E-state index in [-0.39, 0.29) is 23.3 Å². The molecule has 0 aliphatic heterocycles. The molecule has 0 bridgehead atoms. The van der Waals surface area contributed by atoms with Crippen LogP contribution in [0.1, 0.15) is 28.5 Å². The van der Waals surface area contributed by atoms with Crippen molar-refractivity contribution < 1.29 is 14.0 Å². The first-order valence-electron chi connectivity index (χ1n) is 6.25. The summed E-state index contributed by atoms with van der Waals surface area (Å²) in [6, 6.07) is 5.14. The van der Waals surface area contributed by atoms with E-state index in [2.05, 4.69) is 10.3 Å². The minimum atomic E-state index is -0.596. The van der Waals surface area contributed by atoms with Crippen LogP contribution >= 0.6 is 0 Å². The quantitative estimate of drug-likeness (QED) is 0.880. The van der Waals surface area contributed by atoms with Gasteiger partial charge in [-0.25, -0.2) is 0 Å². The number of primary amides is 1. The summed E-state index contributed by atoms with van der Waals surface area (Å²) >= 11 is 0. The molecule has 3 N–H and O–H groups in total. The van der Waals surface area contributed by atoms with E-state index in [0.717, 1.165) is 12.2 Å². The van der Waals surface area contributed by atoms with Crippen molar-refractivity contribution in [3.8, 4) is 0 Å². The Morgan fingerprint density at radius 1 is 1.40 bits per heavy atom. The number of hydrogen-bond acceptors (Lipinski definition) is 4. The van der Waals surface area contributed by atoms with E-state index in [1.165, 1.54) is 18.5 Å². The minimum Gasteiger partial charge on any atom is -0.469 e. The molecule has 20 heavy (non-hydrogen) atoms. The summed E-state index contributed by atoms with van der Waals surface area (Å²) in [5.41, 5.74) is 5.85. The Morgan fingerprint density at radius 2 is 2.25 bits per heavy atom. The zero-order valence-corrected chi connectivity index (χ0v) is 10.6. The zero-order valence-electron chi connectivity index (χ0n) is 10.6. The molecule has 6 nitrogen and oxygen atoms in total. The second-order valence-corrected chi connectivity index (χ2v) is 4.74. The lowest BCUT2D eigenvalue weighted by Crippen LogP contribution is -2.19. The molecule has 1 fully saturated rings. The number of furan rings is 1. The molecule has 2 aromatic heterocycles. The van der Waals surface area contributed by atoms with E-state index in [1.54, 1.807) is 12.3 Å². The molecule has 0 aromatic carbocycles. The van der Waals surface area contributed by atoms with Gasteiger partial charge in [0.25, 0.3) is 5.91 Å². The first-order valence-corrected chi connectivity index (χ1v) is 6.25. The van der Waals surface area contributed by atoms with Gasteiger partial charge in [0.05, 0.1) is 23.7 Å². The number of rotatable bonds is 4. The van der Waals surface area contributed by atoms with Crippen molar-refractivity contribution in [2.75, 3.05) is 5.32 Å². The first kappa shape index (κ1) is 12.4. The van der Waals surface area contributed by atoms with Gasteiger partial charge < -0.3 is 15.5 Å². The molecule has 0 spiro atoms. The number of nitrogens with zero attached hydrogens (tertiary/aromatic N) is 1. The highest BCUT2D eigenvalue weighted by Gasteiger charge is 2.46. The number of carbonyl (C=O) groups is 2. The van der Waals surface area contributed by atoms with E-state index in [9.17, 15) is 9.59 Å². The fourth-order valence-corrected chi connectivity index (χ4v) is 2.24. The number of nitrogens with two attached hydrogens (primary N) is 1. The van der Waals surface area contributed by atoms with Crippen molar-refractivity contribution in [3.63, 3.8) is 0 Å². The molecule has 2 atom stereocenters. The van der Waals surface area contributed by atoms with Crippen LogP contribution in [0.2, 0.25) is 0 Å². The van der Waals surface area contributed by atoms with Crippen LogP contribution in [0.4, 0.5) is 5.69 Å². The minimum absolute atomic E-state index is 0.110. The molecule has 1 aliphatic rings. The topological polar surface area (TPSA) is 98.2 Å². The number of carbonyl (C=O) groups excluding carboxylic acids is 2. The molecule has 0 unspecified atom stereocenters. The van der Waals surface area contributed by atoms with Gasteiger partial charge in [-0.15, -0.1) is 0 Å². The van der Waals surface area contributed by atoms with Crippen LogP contribution in [0.3, 0.4) is 0 Å². The van der Waals surface area contributed by atoms with E-state index in [0.29, 0.717) is 5.69 Å². The van der Waals surface area contributed by atoms with E-state index >= 15 is 0 Å². The van der Waals surface area contributed by atoms with Crippen molar-refractivity contribution in [3.05, 3.63) is 48.2 Å². The maximum Gasteiger partial charge on any atom is 0.250 e. The first-order chi connectivity index (χ1) is 9.66. The third-order valence-corrected chi connectivity index (χ3v) is 3.38. The SMILES string of the molecule is NC(=O)c1ccncc1NC(=O)[C@H]1C[C@@H]1c1ccco1. The Morgan fingerprint density at radius 3 is 2.95 bits per heavy atom. The van der Waals surface area contributed by atoms with Gasteiger partial charge in [0.15, 0.2) is 0 Å². The van der Waals surface area contributed by atoms with Gasteiger partial charge in [-0.1, -0.05) is 0 Å². The zero-order chi connectivity index (χ0) is 14.1. The van der Waals surface area contributed by atoms with E-state index in [4.69, 9.17) is 10.2 Å². The van der Waals surface area contributed by atoms with Crippen LogP contribution in [0, 0.1) is 5.92 Å². The molecule has 2 aromatic rings. The fourth-order valence-electron chi connectivity index (χ4n) is 2.24. The van der Waals surface area contributed by atoms with Gasteiger partial charge in [0, 0.05) is 18.0 Å². The van der Waals surface area contributed by atoms with Gasteiger partial charge in [-0.2, -0.15) is 0 Å². The van der Waals surface area contributed by atoms with E-state index < -0.39 is 5.91 Å². The summed E-state index contributed by atoms with van der Waals surface area (Å²) < 4.78 is 5.28. The van der Waals surface area contributed by atoms with Gasteiger partial charge >= 0.3 is 0 Å². The van der Waals surface area contributed by atoms with Crippen LogP contribution in [-0.2, 0) is 4.79 Å². The van der Waals surface area contributed by atoms with Crippen LogP contribution in [-0.4, -0.2) is 16.8 Å². The second kappa shape index (κ2) is 4.80. The summed E-state index contributed by atoms with van der Waals surface area (Å²) in [6.07, 6.45) is 5.21. The highest BCUT2D eigenvalue weighted by Crippen LogP contribution is 2.48. The lowest BCUT2D eigenvalue weighted by Gasteiger charge is -2.07. The Balaban J connectivity index is 1.70. The van der Waals surface area contributed by atoms with Crippen LogP contribution in [0.25, 0.3) is 0 Å². The lowest BCUT2D eigenvalue weighted by molar-refractivity contribution is -0.117. The largest absolute Gasteiger partial charge is 0.469 e.